The maximum absolute atomic E-state index is 12.0. The van der Waals surface area contributed by atoms with Crippen molar-refractivity contribution in [3.63, 3.8) is 0 Å². The molecule has 1 aromatic heterocycles. The van der Waals surface area contributed by atoms with Gasteiger partial charge >= 0.3 is 0 Å². The molecule has 1 aliphatic rings. The predicted octanol–water partition coefficient (Wildman–Crippen LogP) is 1.90. The quantitative estimate of drug-likeness (QED) is 0.893. The fourth-order valence-electron chi connectivity index (χ4n) is 2.41. The molecule has 0 aliphatic carbocycles. The molecule has 1 aromatic rings. The molecule has 2 rings (SSSR count). The van der Waals surface area contributed by atoms with E-state index in [1.807, 2.05) is 26.2 Å². The van der Waals surface area contributed by atoms with Gasteiger partial charge in [0.15, 0.2) is 0 Å². The van der Waals surface area contributed by atoms with E-state index in [1.54, 1.807) is 6.20 Å². The molecule has 0 saturated carbocycles. The Labute approximate surface area is 120 Å². The molecular formula is C15H23N3O2. The monoisotopic (exact) mass is 277 g/mol. The number of anilines is 1. The molecule has 1 amide bonds. The van der Waals surface area contributed by atoms with E-state index in [1.165, 1.54) is 0 Å². The van der Waals surface area contributed by atoms with Crippen LogP contribution in [0.5, 0.6) is 0 Å². The molecule has 1 saturated heterocycles. The van der Waals surface area contributed by atoms with Crippen LogP contribution in [0.1, 0.15) is 24.8 Å². The van der Waals surface area contributed by atoms with Crippen LogP contribution in [-0.4, -0.2) is 43.1 Å². The van der Waals surface area contributed by atoms with Crippen LogP contribution in [-0.2, 0) is 16.1 Å². The number of aromatic nitrogens is 1. The third-order valence-electron chi connectivity index (χ3n) is 3.41. The van der Waals surface area contributed by atoms with Gasteiger partial charge in [0, 0.05) is 32.4 Å². The minimum absolute atomic E-state index is 0.0476. The largest absolute Gasteiger partial charge is 0.381 e. The highest BCUT2D eigenvalue weighted by molar-refractivity contribution is 5.89. The van der Waals surface area contributed by atoms with E-state index in [9.17, 15) is 4.79 Å². The zero-order valence-corrected chi connectivity index (χ0v) is 12.3. The maximum Gasteiger partial charge on any atom is 0.225 e. The maximum atomic E-state index is 12.0. The number of amides is 1. The van der Waals surface area contributed by atoms with Gasteiger partial charge in [0.1, 0.15) is 5.82 Å². The van der Waals surface area contributed by atoms with Gasteiger partial charge in [-0.1, -0.05) is 0 Å². The standard InChI is InChI=1S/C15H23N3O2/c1-18(2)11-13-3-6-16-14(9-13)17-15(19)10-12-4-7-20-8-5-12/h3,6,9,12H,4-5,7-8,10-11H2,1-2H3,(H,16,17,19). The number of nitrogens with one attached hydrogen (secondary N) is 1. The fraction of sp³-hybridized carbons (Fsp3) is 0.600. The molecule has 1 fully saturated rings. The molecule has 1 aliphatic heterocycles. The molecule has 110 valence electrons. The summed E-state index contributed by atoms with van der Waals surface area (Å²) in [5.41, 5.74) is 1.14. The summed E-state index contributed by atoms with van der Waals surface area (Å²) in [6.07, 6.45) is 4.24. The van der Waals surface area contributed by atoms with Gasteiger partial charge in [0.25, 0.3) is 0 Å². The number of carbonyl (C=O) groups is 1. The van der Waals surface area contributed by atoms with Crippen LogP contribution in [0.25, 0.3) is 0 Å². The number of ether oxygens (including phenoxy) is 1. The van der Waals surface area contributed by atoms with Gasteiger partial charge < -0.3 is 15.0 Å². The van der Waals surface area contributed by atoms with Crippen molar-refractivity contribution in [3.05, 3.63) is 23.9 Å². The molecule has 0 bridgehead atoms. The second kappa shape index (κ2) is 7.36. The first-order valence-electron chi connectivity index (χ1n) is 7.11. The lowest BCUT2D eigenvalue weighted by atomic mass is 9.96. The summed E-state index contributed by atoms with van der Waals surface area (Å²) in [4.78, 5) is 18.3. The van der Waals surface area contributed by atoms with E-state index in [-0.39, 0.29) is 5.91 Å². The van der Waals surface area contributed by atoms with Gasteiger partial charge in [-0.2, -0.15) is 0 Å². The van der Waals surface area contributed by atoms with Gasteiger partial charge in [-0.15, -0.1) is 0 Å². The van der Waals surface area contributed by atoms with Gasteiger partial charge in [0.05, 0.1) is 0 Å². The van der Waals surface area contributed by atoms with Crippen molar-refractivity contribution >= 4 is 11.7 Å². The second-order valence-electron chi connectivity index (χ2n) is 5.60. The highest BCUT2D eigenvalue weighted by atomic mass is 16.5. The van der Waals surface area contributed by atoms with Gasteiger partial charge in [0.2, 0.25) is 5.91 Å². The van der Waals surface area contributed by atoms with Crippen LogP contribution in [0.3, 0.4) is 0 Å². The lowest BCUT2D eigenvalue weighted by Crippen LogP contribution is -2.22. The summed E-state index contributed by atoms with van der Waals surface area (Å²) >= 11 is 0. The van der Waals surface area contributed by atoms with E-state index < -0.39 is 0 Å². The Morgan fingerprint density at radius 1 is 1.45 bits per heavy atom. The minimum Gasteiger partial charge on any atom is -0.381 e. The van der Waals surface area contributed by atoms with Crippen LogP contribution in [0.15, 0.2) is 18.3 Å². The van der Waals surface area contributed by atoms with E-state index in [4.69, 9.17) is 4.74 Å². The summed E-state index contributed by atoms with van der Waals surface area (Å²) in [6.45, 7) is 2.38. The second-order valence-corrected chi connectivity index (χ2v) is 5.60. The molecule has 0 atom stereocenters. The molecule has 2 heterocycles. The molecule has 1 N–H and O–H groups in total. The van der Waals surface area contributed by atoms with Crippen molar-refractivity contribution in [2.45, 2.75) is 25.8 Å². The van der Waals surface area contributed by atoms with E-state index in [2.05, 4.69) is 15.2 Å². The van der Waals surface area contributed by atoms with Crippen molar-refractivity contribution < 1.29 is 9.53 Å². The Morgan fingerprint density at radius 3 is 2.90 bits per heavy atom. The summed E-state index contributed by atoms with van der Waals surface area (Å²) in [5, 5.41) is 2.89. The highest BCUT2D eigenvalue weighted by Gasteiger charge is 2.17. The number of carbonyl (C=O) groups excluding carboxylic acids is 1. The van der Waals surface area contributed by atoms with Crippen molar-refractivity contribution in [1.29, 1.82) is 0 Å². The van der Waals surface area contributed by atoms with Crippen molar-refractivity contribution in [3.8, 4) is 0 Å². The molecule has 20 heavy (non-hydrogen) atoms. The summed E-state index contributed by atoms with van der Waals surface area (Å²) in [5.74, 6) is 1.13. The Bertz CT molecular complexity index is 442. The average Bonchev–Trinajstić information content (AvgIpc) is 2.39. The Hall–Kier alpha value is -1.46. The smallest absolute Gasteiger partial charge is 0.225 e. The lowest BCUT2D eigenvalue weighted by molar-refractivity contribution is -0.117. The van der Waals surface area contributed by atoms with Crippen molar-refractivity contribution in [1.82, 2.24) is 9.88 Å². The summed E-state index contributed by atoms with van der Waals surface area (Å²) in [7, 11) is 4.04. The minimum atomic E-state index is 0.0476. The zero-order chi connectivity index (χ0) is 14.4. The number of hydrogen-bond donors (Lipinski definition) is 1. The first-order valence-corrected chi connectivity index (χ1v) is 7.11. The van der Waals surface area contributed by atoms with Gasteiger partial charge in [-0.05, 0) is 50.6 Å². The van der Waals surface area contributed by atoms with E-state index in [0.29, 0.717) is 18.2 Å². The number of rotatable bonds is 5. The zero-order valence-electron chi connectivity index (χ0n) is 12.3. The van der Waals surface area contributed by atoms with Gasteiger partial charge in [-0.25, -0.2) is 4.98 Å². The summed E-state index contributed by atoms with van der Waals surface area (Å²) < 4.78 is 5.30. The molecule has 0 spiro atoms. The van der Waals surface area contributed by atoms with Crippen LogP contribution in [0, 0.1) is 5.92 Å². The van der Waals surface area contributed by atoms with E-state index >= 15 is 0 Å². The Kier molecular flexibility index (Phi) is 5.49. The average molecular weight is 277 g/mol. The van der Waals surface area contributed by atoms with Crippen molar-refractivity contribution in [2.24, 2.45) is 5.92 Å². The Balaban J connectivity index is 1.86. The first-order chi connectivity index (χ1) is 9.63. The summed E-state index contributed by atoms with van der Waals surface area (Å²) in [6, 6.07) is 3.90. The third kappa shape index (κ3) is 4.90. The molecule has 5 heteroatoms. The molecule has 0 unspecified atom stereocenters. The first kappa shape index (κ1) is 14.9. The topological polar surface area (TPSA) is 54.5 Å². The SMILES string of the molecule is CN(C)Cc1ccnc(NC(=O)CC2CCOCC2)c1. The fourth-order valence-corrected chi connectivity index (χ4v) is 2.41. The molecular weight excluding hydrogens is 254 g/mol. The van der Waals surface area contributed by atoms with Crippen LogP contribution in [0.2, 0.25) is 0 Å². The van der Waals surface area contributed by atoms with Crippen molar-refractivity contribution in [2.75, 3.05) is 32.6 Å². The number of pyridine rings is 1. The Morgan fingerprint density at radius 2 is 2.20 bits per heavy atom. The lowest BCUT2D eigenvalue weighted by Gasteiger charge is -2.21. The van der Waals surface area contributed by atoms with E-state index in [0.717, 1.165) is 38.2 Å². The molecule has 0 radical (unpaired) electrons. The van der Waals surface area contributed by atoms with Crippen LogP contribution >= 0.6 is 0 Å². The predicted molar refractivity (Wildman–Crippen MR) is 78.4 cm³/mol. The third-order valence-corrected chi connectivity index (χ3v) is 3.41. The molecule has 0 aromatic carbocycles. The number of hydrogen-bond acceptors (Lipinski definition) is 4. The van der Waals surface area contributed by atoms with Crippen LogP contribution in [0.4, 0.5) is 5.82 Å². The number of nitrogens with zero attached hydrogens (tertiary/aromatic N) is 2. The van der Waals surface area contributed by atoms with Crippen LogP contribution < -0.4 is 5.32 Å². The van der Waals surface area contributed by atoms with Gasteiger partial charge in [-0.3, -0.25) is 4.79 Å². The highest BCUT2D eigenvalue weighted by Crippen LogP contribution is 2.19. The normalized spacial score (nSPS) is 16.4. The molecule has 5 nitrogen and oxygen atoms in total.